The SMILES string of the molecule is Cc1cc(C(=O)O)cc(-c2ccc(C)nc2)c1. The summed E-state index contributed by atoms with van der Waals surface area (Å²) in [6, 6.07) is 9.15. The lowest BCUT2D eigenvalue weighted by molar-refractivity contribution is 0.0697. The van der Waals surface area contributed by atoms with Gasteiger partial charge < -0.3 is 5.11 Å². The van der Waals surface area contributed by atoms with Crippen LogP contribution in [-0.2, 0) is 0 Å². The van der Waals surface area contributed by atoms with Gasteiger partial charge in [-0.3, -0.25) is 4.98 Å². The quantitative estimate of drug-likeness (QED) is 0.857. The molecule has 3 heteroatoms. The van der Waals surface area contributed by atoms with E-state index in [2.05, 4.69) is 4.98 Å². The molecule has 0 amide bonds. The smallest absolute Gasteiger partial charge is 0.335 e. The van der Waals surface area contributed by atoms with Crippen LogP contribution in [0.4, 0.5) is 0 Å². The van der Waals surface area contributed by atoms with Crippen molar-refractivity contribution in [1.29, 1.82) is 0 Å². The summed E-state index contributed by atoms with van der Waals surface area (Å²) in [4.78, 5) is 15.2. The maximum absolute atomic E-state index is 11.0. The first-order valence-corrected chi connectivity index (χ1v) is 5.34. The average molecular weight is 227 g/mol. The van der Waals surface area contributed by atoms with Gasteiger partial charge in [0.2, 0.25) is 0 Å². The topological polar surface area (TPSA) is 50.2 Å². The van der Waals surface area contributed by atoms with Crippen molar-refractivity contribution >= 4 is 5.97 Å². The molecule has 0 bridgehead atoms. The molecule has 2 rings (SSSR count). The van der Waals surface area contributed by atoms with Gasteiger partial charge in [-0.05, 0) is 43.2 Å². The highest BCUT2D eigenvalue weighted by Crippen LogP contribution is 2.21. The first kappa shape index (κ1) is 11.3. The summed E-state index contributed by atoms with van der Waals surface area (Å²) in [5, 5.41) is 9.01. The summed E-state index contributed by atoms with van der Waals surface area (Å²) in [5.74, 6) is -0.907. The molecule has 2 aromatic rings. The molecule has 1 heterocycles. The van der Waals surface area contributed by atoms with E-state index in [9.17, 15) is 4.79 Å². The molecule has 0 unspecified atom stereocenters. The predicted molar refractivity (Wildman–Crippen MR) is 66.1 cm³/mol. The van der Waals surface area contributed by atoms with Crippen molar-refractivity contribution in [2.24, 2.45) is 0 Å². The molecule has 0 saturated heterocycles. The Morgan fingerprint density at radius 2 is 1.88 bits per heavy atom. The number of nitrogens with zero attached hydrogens (tertiary/aromatic N) is 1. The Hall–Kier alpha value is -2.16. The minimum absolute atomic E-state index is 0.306. The number of carboxylic acids is 1. The zero-order chi connectivity index (χ0) is 12.4. The largest absolute Gasteiger partial charge is 0.478 e. The van der Waals surface area contributed by atoms with Gasteiger partial charge in [-0.25, -0.2) is 4.79 Å². The Labute approximate surface area is 99.8 Å². The van der Waals surface area contributed by atoms with Gasteiger partial charge in [0.1, 0.15) is 0 Å². The lowest BCUT2D eigenvalue weighted by atomic mass is 10.0. The molecule has 17 heavy (non-hydrogen) atoms. The second kappa shape index (κ2) is 4.37. The minimum Gasteiger partial charge on any atom is -0.478 e. The maximum Gasteiger partial charge on any atom is 0.335 e. The summed E-state index contributed by atoms with van der Waals surface area (Å²) < 4.78 is 0. The first-order valence-electron chi connectivity index (χ1n) is 5.34. The summed E-state index contributed by atoms with van der Waals surface area (Å²) in [5.41, 5.74) is 4.00. The maximum atomic E-state index is 11.0. The van der Waals surface area contributed by atoms with E-state index < -0.39 is 5.97 Å². The first-order chi connectivity index (χ1) is 8.06. The van der Waals surface area contributed by atoms with Crippen molar-refractivity contribution in [3.8, 4) is 11.1 Å². The predicted octanol–water partition coefficient (Wildman–Crippen LogP) is 3.06. The standard InChI is InChI=1S/C14H13NO2/c1-9-5-12(7-13(6-9)14(16)17)11-4-3-10(2)15-8-11/h3-8H,1-2H3,(H,16,17). The molecule has 1 aromatic carbocycles. The number of benzene rings is 1. The number of pyridine rings is 1. The van der Waals surface area contributed by atoms with Crippen LogP contribution >= 0.6 is 0 Å². The van der Waals surface area contributed by atoms with Gasteiger partial charge in [-0.15, -0.1) is 0 Å². The van der Waals surface area contributed by atoms with E-state index in [1.807, 2.05) is 32.0 Å². The highest BCUT2D eigenvalue weighted by Gasteiger charge is 2.06. The number of hydrogen-bond donors (Lipinski definition) is 1. The fourth-order valence-corrected chi connectivity index (χ4v) is 1.71. The van der Waals surface area contributed by atoms with Crippen LogP contribution in [0, 0.1) is 13.8 Å². The fraction of sp³-hybridized carbons (Fsp3) is 0.143. The van der Waals surface area contributed by atoms with E-state index in [1.165, 1.54) is 0 Å². The second-order valence-electron chi connectivity index (χ2n) is 4.08. The molecule has 0 aliphatic heterocycles. The monoisotopic (exact) mass is 227 g/mol. The number of aromatic nitrogens is 1. The number of aryl methyl sites for hydroxylation is 2. The third-order valence-electron chi connectivity index (χ3n) is 2.57. The van der Waals surface area contributed by atoms with Crippen molar-refractivity contribution < 1.29 is 9.90 Å². The molecule has 0 atom stereocenters. The van der Waals surface area contributed by atoms with E-state index in [-0.39, 0.29) is 0 Å². The van der Waals surface area contributed by atoms with Crippen molar-refractivity contribution in [3.05, 3.63) is 53.3 Å². The van der Waals surface area contributed by atoms with Crippen LogP contribution in [0.3, 0.4) is 0 Å². The molecule has 0 radical (unpaired) electrons. The van der Waals surface area contributed by atoms with E-state index in [0.717, 1.165) is 22.4 Å². The molecule has 0 aliphatic carbocycles. The molecule has 0 fully saturated rings. The number of hydrogen-bond acceptors (Lipinski definition) is 2. The summed E-state index contributed by atoms with van der Waals surface area (Å²) in [6.07, 6.45) is 1.76. The lowest BCUT2D eigenvalue weighted by Gasteiger charge is -2.05. The molecule has 0 spiro atoms. The van der Waals surface area contributed by atoms with Gasteiger partial charge >= 0.3 is 5.97 Å². The van der Waals surface area contributed by atoms with Gasteiger partial charge in [-0.1, -0.05) is 12.1 Å². The molecule has 1 aromatic heterocycles. The van der Waals surface area contributed by atoms with Crippen LogP contribution in [0.15, 0.2) is 36.5 Å². The molecule has 86 valence electrons. The highest BCUT2D eigenvalue weighted by molar-refractivity contribution is 5.89. The Balaban J connectivity index is 2.51. The zero-order valence-electron chi connectivity index (χ0n) is 9.77. The highest BCUT2D eigenvalue weighted by atomic mass is 16.4. The van der Waals surface area contributed by atoms with Gasteiger partial charge in [0.05, 0.1) is 5.56 Å². The van der Waals surface area contributed by atoms with Crippen molar-refractivity contribution in [2.75, 3.05) is 0 Å². The fourth-order valence-electron chi connectivity index (χ4n) is 1.71. The lowest BCUT2D eigenvalue weighted by Crippen LogP contribution is -1.97. The van der Waals surface area contributed by atoms with Gasteiger partial charge in [0, 0.05) is 17.5 Å². The second-order valence-corrected chi connectivity index (χ2v) is 4.08. The Morgan fingerprint density at radius 3 is 2.47 bits per heavy atom. The average Bonchev–Trinajstić information content (AvgIpc) is 2.29. The molecular weight excluding hydrogens is 214 g/mol. The number of carboxylic acid groups (broad SMARTS) is 1. The number of rotatable bonds is 2. The number of carbonyl (C=O) groups is 1. The summed E-state index contributed by atoms with van der Waals surface area (Å²) >= 11 is 0. The van der Waals surface area contributed by atoms with Gasteiger partial charge in [0.25, 0.3) is 0 Å². The van der Waals surface area contributed by atoms with Crippen LogP contribution in [-0.4, -0.2) is 16.1 Å². The van der Waals surface area contributed by atoms with Crippen LogP contribution < -0.4 is 0 Å². The normalized spacial score (nSPS) is 10.2. The van der Waals surface area contributed by atoms with E-state index in [4.69, 9.17) is 5.11 Å². The minimum atomic E-state index is -0.907. The van der Waals surface area contributed by atoms with E-state index in [1.54, 1.807) is 18.3 Å². The molecule has 0 aliphatic rings. The molecule has 1 N–H and O–H groups in total. The van der Waals surface area contributed by atoms with Crippen LogP contribution in [0.5, 0.6) is 0 Å². The van der Waals surface area contributed by atoms with E-state index >= 15 is 0 Å². The Bertz CT molecular complexity index is 559. The third kappa shape index (κ3) is 2.50. The molecular formula is C14H13NO2. The Kier molecular flexibility index (Phi) is 2.91. The summed E-state index contributed by atoms with van der Waals surface area (Å²) in [6.45, 7) is 3.81. The zero-order valence-corrected chi connectivity index (χ0v) is 9.77. The van der Waals surface area contributed by atoms with Gasteiger partial charge in [-0.2, -0.15) is 0 Å². The number of aromatic carboxylic acids is 1. The third-order valence-corrected chi connectivity index (χ3v) is 2.57. The van der Waals surface area contributed by atoms with Crippen LogP contribution in [0.25, 0.3) is 11.1 Å². The van der Waals surface area contributed by atoms with Crippen molar-refractivity contribution in [2.45, 2.75) is 13.8 Å². The van der Waals surface area contributed by atoms with Crippen LogP contribution in [0.2, 0.25) is 0 Å². The van der Waals surface area contributed by atoms with Crippen molar-refractivity contribution in [3.63, 3.8) is 0 Å². The van der Waals surface area contributed by atoms with Crippen molar-refractivity contribution in [1.82, 2.24) is 4.98 Å². The van der Waals surface area contributed by atoms with Crippen LogP contribution in [0.1, 0.15) is 21.6 Å². The van der Waals surface area contributed by atoms with Gasteiger partial charge in [0.15, 0.2) is 0 Å². The molecule has 3 nitrogen and oxygen atoms in total. The Morgan fingerprint density at radius 1 is 1.12 bits per heavy atom. The summed E-state index contributed by atoms with van der Waals surface area (Å²) in [7, 11) is 0. The van der Waals surface area contributed by atoms with E-state index in [0.29, 0.717) is 5.56 Å². The molecule has 0 saturated carbocycles.